The summed E-state index contributed by atoms with van der Waals surface area (Å²) in [6.45, 7) is 6.09. The van der Waals surface area contributed by atoms with Gasteiger partial charge >= 0.3 is 6.18 Å². The van der Waals surface area contributed by atoms with Crippen molar-refractivity contribution in [3.05, 3.63) is 0 Å². The van der Waals surface area contributed by atoms with Crippen molar-refractivity contribution in [3.63, 3.8) is 0 Å². The molecule has 6 heteroatoms. The van der Waals surface area contributed by atoms with Crippen LogP contribution in [0, 0.1) is 5.41 Å². The van der Waals surface area contributed by atoms with Crippen LogP contribution >= 0.6 is 0 Å². The molecule has 0 radical (unpaired) electrons. The van der Waals surface area contributed by atoms with E-state index in [4.69, 9.17) is 5.73 Å². The highest BCUT2D eigenvalue weighted by atomic mass is 19.4. The van der Waals surface area contributed by atoms with Gasteiger partial charge in [0, 0.05) is 25.4 Å². The molecule has 0 aromatic heterocycles. The van der Waals surface area contributed by atoms with Gasteiger partial charge in [-0.3, -0.25) is 4.79 Å². The van der Waals surface area contributed by atoms with E-state index in [9.17, 15) is 18.0 Å². The first kappa shape index (κ1) is 17.2. The summed E-state index contributed by atoms with van der Waals surface area (Å²) in [7, 11) is 0. The van der Waals surface area contributed by atoms with Crippen molar-refractivity contribution >= 4 is 5.91 Å². The van der Waals surface area contributed by atoms with Crippen LogP contribution in [0.1, 0.15) is 46.5 Å². The molecule has 18 heavy (non-hydrogen) atoms. The first-order valence-corrected chi connectivity index (χ1v) is 6.11. The van der Waals surface area contributed by atoms with Gasteiger partial charge < -0.3 is 11.1 Å². The highest BCUT2D eigenvalue weighted by molar-refractivity contribution is 5.76. The van der Waals surface area contributed by atoms with Crippen LogP contribution in [-0.2, 0) is 4.79 Å². The van der Waals surface area contributed by atoms with Gasteiger partial charge in [-0.2, -0.15) is 13.2 Å². The Morgan fingerprint density at radius 3 is 2.22 bits per heavy atom. The second-order valence-corrected chi connectivity index (χ2v) is 5.60. The van der Waals surface area contributed by atoms with E-state index >= 15 is 0 Å². The molecule has 0 bridgehead atoms. The molecule has 1 amide bonds. The molecule has 1 unspecified atom stereocenters. The summed E-state index contributed by atoms with van der Waals surface area (Å²) in [4.78, 5) is 11.4. The maximum atomic E-state index is 11.8. The van der Waals surface area contributed by atoms with Crippen molar-refractivity contribution in [1.82, 2.24) is 5.32 Å². The number of alkyl halides is 3. The van der Waals surface area contributed by atoms with Crippen LogP contribution in [0.4, 0.5) is 13.2 Å². The summed E-state index contributed by atoms with van der Waals surface area (Å²) in [6, 6.07) is -0.257. The molecule has 0 aliphatic rings. The third-order valence-electron chi connectivity index (χ3n) is 2.73. The maximum absolute atomic E-state index is 11.8. The van der Waals surface area contributed by atoms with E-state index in [2.05, 4.69) is 5.32 Å². The van der Waals surface area contributed by atoms with Crippen LogP contribution in [0.5, 0.6) is 0 Å². The third kappa shape index (κ3) is 9.27. The summed E-state index contributed by atoms with van der Waals surface area (Å²) in [6.07, 6.45) is -4.35. The van der Waals surface area contributed by atoms with Gasteiger partial charge in [-0.15, -0.1) is 0 Å². The fourth-order valence-corrected chi connectivity index (χ4v) is 1.26. The summed E-state index contributed by atoms with van der Waals surface area (Å²) in [5.74, 6) is -0.204. The quantitative estimate of drug-likeness (QED) is 0.727. The minimum atomic E-state index is -4.11. The molecule has 0 saturated carbocycles. The van der Waals surface area contributed by atoms with Crippen LogP contribution < -0.4 is 11.1 Å². The van der Waals surface area contributed by atoms with Crippen molar-refractivity contribution in [2.24, 2.45) is 11.1 Å². The van der Waals surface area contributed by atoms with Crippen molar-refractivity contribution in [2.75, 3.05) is 6.54 Å². The van der Waals surface area contributed by atoms with Crippen molar-refractivity contribution < 1.29 is 18.0 Å². The van der Waals surface area contributed by atoms with Crippen LogP contribution in [0.25, 0.3) is 0 Å². The Morgan fingerprint density at radius 1 is 1.22 bits per heavy atom. The average molecular weight is 268 g/mol. The molecule has 3 nitrogen and oxygen atoms in total. The topological polar surface area (TPSA) is 55.1 Å². The lowest BCUT2D eigenvalue weighted by molar-refractivity contribution is -0.135. The van der Waals surface area contributed by atoms with Crippen molar-refractivity contribution in [2.45, 2.75) is 58.7 Å². The Kier molecular flexibility index (Phi) is 6.67. The standard InChI is InChI=1S/C12H23F3N2O/c1-11(2,3)9(16)8-10(18)17-7-5-4-6-12(13,14)15/h9H,4-8,16H2,1-3H3,(H,17,18). The molecular formula is C12H23F3N2O. The highest BCUT2D eigenvalue weighted by Crippen LogP contribution is 2.22. The molecular weight excluding hydrogens is 245 g/mol. The Morgan fingerprint density at radius 2 is 1.78 bits per heavy atom. The molecule has 0 rings (SSSR count). The summed E-state index contributed by atoms with van der Waals surface area (Å²) in [5.41, 5.74) is 5.67. The van der Waals surface area contributed by atoms with Gasteiger partial charge in [0.2, 0.25) is 5.91 Å². The monoisotopic (exact) mass is 268 g/mol. The zero-order valence-electron chi connectivity index (χ0n) is 11.2. The largest absolute Gasteiger partial charge is 0.389 e. The number of rotatable bonds is 6. The number of hydrogen-bond acceptors (Lipinski definition) is 2. The van der Waals surface area contributed by atoms with E-state index in [1.54, 1.807) is 0 Å². The lowest BCUT2D eigenvalue weighted by Crippen LogP contribution is -2.40. The zero-order valence-corrected chi connectivity index (χ0v) is 11.2. The fraction of sp³-hybridized carbons (Fsp3) is 0.917. The fourth-order valence-electron chi connectivity index (χ4n) is 1.26. The second-order valence-electron chi connectivity index (χ2n) is 5.60. The molecule has 0 spiro atoms. The predicted octanol–water partition coefficient (Wildman–Crippen LogP) is 2.60. The van der Waals surface area contributed by atoms with Gasteiger partial charge in [-0.05, 0) is 18.3 Å². The lowest BCUT2D eigenvalue weighted by atomic mass is 9.85. The number of carbonyl (C=O) groups excluding carboxylic acids is 1. The molecule has 0 heterocycles. The highest BCUT2D eigenvalue weighted by Gasteiger charge is 2.26. The van der Waals surface area contributed by atoms with Crippen molar-refractivity contribution in [3.8, 4) is 0 Å². The third-order valence-corrected chi connectivity index (χ3v) is 2.73. The SMILES string of the molecule is CC(C)(C)C(N)CC(=O)NCCCCC(F)(F)F. The van der Waals surface area contributed by atoms with E-state index in [-0.39, 0.29) is 36.8 Å². The molecule has 0 fully saturated rings. The van der Waals surface area contributed by atoms with Gasteiger partial charge in [0.15, 0.2) is 0 Å². The summed E-state index contributed by atoms with van der Waals surface area (Å²) < 4.78 is 35.5. The Bertz CT molecular complexity index is 259. The number of nitrogens with two attached hydrogens (primary N) is 1. The number of nitrogens with one attached hydrogen (secondary N) is 1. The maximum Gasteiger partial charge on any atom is 0.389 e. The van der Waals surface area contributed by atoms with Gasteiger partial charge in [-0.1, -0.05) is 20.8 Å². The minimum Gasteiger partial charge on any atom is -0.356 e. The van der Waals surface area contributed by atoms with E-state index in [0.717, 1.165) is 0 Å². The lowest BCUT2D eigenvalue weighted by Gasteiger charge is -2.26. The summed E-state index contributed by atoms with van der Waals surface area (Å²) >= 11 is 0. The molecule has 108 valence electrons. The van der Waals surface area contributed by atoms with Gasteiger partial charge in [0.05, 0.1) is 0 Å². The first-order valence-electron chi connectivity index (χ1n) is 6.11. The Labute approximate surface area is 106 Å². The van der Waals surface area contributed by atoms with E-state index in [1.165, 1.54) is 0 Å². The molecule has 1 atom stereocenters. The van der Waals surface area contributed by atoms with Gasteiger partial charge in [-0.25, -0.2) is 0 Å². The molecule has 0 aromatic carbocycles. The normalized spacial score (nSPS) is 14.4. The molecule has 0 aromatic rings. The van der Waals surface area contributed by atoms with Gasteiger partial charge in [0.1, 0.15) is 0 Å². The smallest absolute Gasteiger partial charge is 0.356 e. The number of carbonyl (C=O) groups is 1. The molecule has 0 aliphatic carbocycles. The van der Waals surface area contributed by atoms with Crippen LogP contribution in [0.3, 0.4) is 0 Å². The number of halogens is 3. The number of unbranched alkanes of at least 4 members (excludes halogenated alkanes) is 1. The zero-order chi connectivity index (χ0) is 14.4. The Hall–Kier alpha value is -0.780. The van der Waals surface area contributed by atoms with E-state index in [0.29, 0.717) is 6.42 Å². The second kappa shape index (κ2) is 6.97. The number of hydrogen-bond donors (Lipinski definition) is 2. The van der Waals surface area contributed by atoms with Crippen molar-refractivity contribution in [1.29, 1.82) is 0 Å². The average Bonchev–Trinajstić information content (AvgIpc) is 2.13. The van der Waals surface area contributed by atoms with Crippen LogP contribution in [0.2, 0.25) is 0 Å². The molecule has 3 N–H and O–H groups in total. The first-order chi connectivity index (χ1) is 8.02. The minimum absolute atomic E-state index is 0.0368. The number of amides is 1. The van der Waals surface area contributed by atoms with E-state index < -0.39 is 12.6 Å². The summed E-state index contributed by atoms with van der Waals surface area (Å²) in [5, 5.41) is 2.59. The van der Waals surface area contributed by atoms with Crippen LogP contribution in [-0.4, -0.2) is 24.7 Å². The van der Waals surface area contributed by atoms with Crippen LogP contribution in [0.15, 0.2) is 0 Å². The van der Waals surface area contributed by atoms with Gasteiger partial charge in [0.25, 0.3) is 0 Å². The van der Waals surface area contributed by atoms with E-state index in [1.807, 2.05) is 20.8 Å². The predicted molar refractivity (Wildman–Crippen MR) is 65.0 cm³/mol. The Balaban J connectivity index is 3.67. The molecule has 0 saturated heterocycles. The molecule has 0 aliphatic heterocycles.